The first-order valence-corrected chi connectivity index (χ1v) is 5.90. The third-order valence-electron chi connectivity index (χ3n) is 2.64. The Morgan fingerprint density at radius 1 is 1.29 bits per heavy atom. The second-order valence-electron chi connectivity index (χ2n) is 3.99. The van der Waals surface area contributed by atoms with Crippen molar-refractivity contribution in [2.75, 3.05) is 26.8 Å². The summed E-state index contributed by atoms with van der Waals surface area (Å²) in [5.74, 6) is 0.888. The van der Waals surface area contributed by atoms with Gasteiger partial charge < -0.3 is 14.9 Å². The van der Waals surface area contributed by atoms with E-state index >= 15 is 0 Å². The molecule has 1 aromatic rings. The van der Waals surface area contributed by atoms with E-state index in [0.29, 0.717) is 18.8 Å². The molecule has 0 amide bonds. The standard InChI is InChI=1S/C13H21NO3/c1-3-6-14(7-8-15)10-11-4-5-12(17-2)9-13(11)16/h4-5,9,15-16H,3,6-8,10H2,1-2H3. The van der Waals surface area contributed by atoms with Crippen molar-refractivity contribution in [3.8, 4) is 11.5 Å². The third kappa shape index (κ3) is 4.24. The largest absolute Gasteiger partial charge is 0.507 e. The summed E-state index contributed by atoms with van der Waals surface area (Å²) < 4.78 is 5.04. The predicted octanol–water partition coefficient (Wildman–Crippen LogP) is 1.61. The molecule has 0 saturated carbocycles. The van der Waals surface area contributed by atoms with E-state index in [2.05, 4.69) is 11.8 Å². The number of methoxy groups -OCH3 is 1. The Labute approximate surface area is 102 Å². The van der Waals surface area contributed by atoms with Crippen molar-refractivity contribution < 1.29 is 14.9 Å². The van der Waals surface area contributed by atoms with Crippen LogP contribution in [0.4, 0.5) is 0 Å². The van der Waals surface area contributed by atoms with E-state index < -0.39 is 0 Å². The average Bonchev–Trinajstić information content (AvgIpc) is 2.32. The molecular weight excluding hydrogens is 218 g/mol. The summed E-state index contributed by atoms with van der Waals surface area (Å²) in [6, 6.07) is 5.30. The molecule has 0 spiro atoms. The highest BCUT2D eigenvalue weighted by molar-refractivity contribution is 5.39. The smallest absolute Gasteiger partial charge is 0.123 e. The van der Waals surface area contributed by atoms with E-state index in [0.717, 1.165) is 18.5 Å². The number of aromatic hydroxyl groups is 1. The molecule has 0 bridgehead atoms. The van der Waals surface area contributed by atoms with Crippen LogP contribution < -0.4 is 4.74 Å². The number of phenolic OH excluding ortho intramolecular Hbond substituents is 1. The molecule has 4 heteroatoms. The van der Waals surface area contributed by atoms with Gasteiger partial charge >= 0.3 is 0 Å². The van der Waals surface area contributed by atoms with Crippen molar-refractivity contribution in [1.82, 2.24) is 4.90 Å². The van der Waals surface area contributed by atoms with Gasteiger partial charge in [0.2, 0.25) is 0 Å². The van der Waals surface area contributed by atoms with Crippen LogP contribution in [0.2, 0.25) is 0 Å². The van der Waals surface area contributed by atoms with Crippen molar-refractivity contribution in [2.45, 2.75) is 19.9 Å². The van der Waals surface area contributed by atoms with Gasteiger partial charge in [0, 0.05) is 24.7 Å². The normalized spacial score (nSPS) is 10.8. The number of hydrogen-bond acceptors (Lipinski definition) is 4. The Balaban J connectivity index is 2.71. The second kappa shape index (κ2) is 7.14. The van der Waals surface area contributed by atoms with Crippen LogP contribution in [0.15, 0.2) is 18.2 Å². The van der Waals surface area contributed by atoms with E-state index in [4.69, 9.17) is 9.84 Å². The zero-order valence-electron chi connectivity index (χ0n) is 10.5. The summed E-state index contributed by atoms with van der Waals surface area (Å²) in [6.07, 6.45) is 1.02. The lowest BCUT2D eigenvalue weighted by Gasteiger charge is -2.21. The lowest BCUT2D eigenvalue weighted by Crippen LogP contribution is -2.27. The lowest BCUT2D eigenvalue weighted by molar-refractivity contribution is 0.189. The molecule has 0 aliphatic carbocycles. The van der Waals surface area contributed by atoms with Crippen molar-refractivity contribution >= 4 is 0 Å². The first-order chi connectivity index (χ1) is 8.21. The van der Waals surface area contributed by atoms with Crippen LogP contribution in [-0.4, -0.2) is 41.9 Å². The summed E-state index contributed by atoms with van der Waals surface area (Å²) in [6.45, 7) is 4.41. The van der Waals surface area contributed by atoms with E-state index in [1.54, 1.807) is 13.2 Å². The van der Waals surface area contributed by atoms with Gasteiger partial charge in [-0.15, -0.1) is 0 Å². The number of benzene rings is 1. The maximum Gasteiger partial charge on any atom is 0.123 e. The molecule has 1 rings (SSSR count). The summed E-state index contributed by atoms with van der Waals surface area (Å²) >= 11 is 0. The van der Waals surface area contributed by atoms with Gasteiger partial charge in [0.05, 0.1) is 13.7 Å². The second-order valence-corrected chi connectivity index (χ2v) is 3.99. The summed E-state index contributed by atoms with van der Waals surface area (Å²) in [5, 5.41) is 18.8. The first kappa shape index (κ1) is 13.8. The summed E-state index contributed by atoms with van der Waals surface area (Å²) in [4.78, 5) is 2.11. The van der Waals surface area contributed by atoms with Gasteiger partial charge in [-0.25, -0.2) is 0 Å². The fourth-order valence-electron chi connectivity index (χ4n) is 1.77. The number of hydrogen-bond donors (Lipinski definition) is 2. The maximum atomic E-state index is 9.84. The van der Waals surface area contributed by atoms with Crippen molar-refractivity contribution in [3.05, 3.63) is 23.8 Å². The quantitative estimate of drug-likeness (QED) is 0.759. The number of ether oxygens (including phenoxy) is 1. The number of rotatable bonds is 7. The predicted molar refractivity (Wildman–Crippen MR) is 67.3 cm³/mol. The zero-order valence-corrected chi connectivity index (χ0v) is 10.5. The highest BCUT2D eigenvalue weighted by atomic mass is 16.5. The molecule has 0 aliphatic rings. The van der Waals surface area contributed by atoms with Gasteiger partial charge in [0.25, 0.3) is 0 Å². The SMILES string of the molecule is CCCN(CCO)Cc1ccc(OC)cc1O. The molecule has 0 heterocycles. The van der Waals surface area contributed by atoms with Gasteiger partial charge in [-0.1, -0.05) is 13.0 Å². The molecule has 0 atom stereocenters. The molecule has 0 saturated heterocycles. The first-order valence-electron chi connectivity index (χ1n) is 5.90. The Hall–Kier alpha value is -1.26. The third-order valence-corrected chi connectivity index (χ3v) is 2.64. The van der Waals surface area contributed by atoms with E-state index in [1.165, 1.54) is 0 Å². The van der Waals surface area contributed by atoms with E-state index in [9.17, 15) is 5.11 Å². The minimum absolute atomic E-state index is 0.136. The van der Waals surface area contributed by atoms with Crippen molar-refractivity contribution in [1.29, 1.82) is 0 Å². The molecule has 2 N–H and O–H groups in total. The summed E-state index contributed by atoms with van der Waals surface area (Å²) in [7, 11) is 1.57. The minimum Gasteiger partial charge on any atom is -0.507 e. The highest BCUT2D eigenvalue weighted by Gasteiger charge is 2.08. The molecule has 1 aromatic carbocycles. The van der Waals surface area contributed by atoms with Crippen LogP contribution >= 0.6 is 0 Å². The summed E-state index contributed by atoms with van der Waals surface area (Å²) in [5.41, 5.74) is 0.854. The molecular formula is C13H21NO3. The van der Waals surface area contributed by atoms with Crippen LogP contribution in [0.25, 0.3) is 0 Å². The van der Waals surface area contributed by atoms with Gasteiger partial charge in [-0.2, -0.15) is 0 Å². The number of aliphatic hydroxyl groups excluding tert-OH is 1. The van der Waals surface area contributed by atoms with E-state index in [1.807, 2.05) is 12.1 Å². The minimum atomic E-state index is 0.136. The fourth-order valence-corrected chi connectivity index (χ4v) is 1.77. The molecule has 4 nitrogen and oxygen atoms in total. The number of aliphatic hydroxyl groups is 1. The molecule has 17 heavy (non-hydrogen) atoms. The van der Waals surface area contributed by atoms with Gasteiger partial charge in [-0.05, 0) is 19.0 Å². The maximum absolute atomic E-state index is 9.84. The molecule has 0 unspecified atom stereocenters. The van der Waals surface area contributed by atoms with Crippen molar-refractivity contribution in [2.24, 2.45) is 0 Å². The molecule has 0 fully saturated rings. The molecule has 0 radical (unpaired) electrons. The highest BCUT2D eigenvalue weighted by Crippen LogP contribution is 2.24. The Morgan fingerprint density at radius 2 is 2.06 bits per heavy atom. The number of phenols is 1. The van der Waals surface area contributed by atoms with E-state index in [-0.39, 0.29) is 12.4 Å². The fraction of sp³-hybridized carbons (Fsp3) is 0.538. The van der Waals surface area contributed by atoms with Crippen LogP contribution in [0.5, 0.6) is 11.5 Å². The van der Waals surface area contributed by atoms with Gasteiger partial charge in [0.1, 0.15) is 11.5 Å². The number of nitrogens with zero attached hydrogens (tertiary/aromatic N) is 1. The molecule has 0 aromatic heterocycles. The van der Waals surface area contributed by atoms with Crippen LogP contribution in [0.3, 0.4) is 0 Å². The Kier molecular flexibility index (Phi) is 5.80. The van der Waals surface area contributed by atoms with Gasteiger partial charge in [-0.3, -0.25) is 4.90 Å². The Morgan fingerprint density at radius 3 is 2.59 bits per heavy atom. The van der Waals surface area contributed by atoms with Crippen molar-refractivity contribution in [3.63, 3.8) is 0 Å². The zero-order chi connectivity index (χ0) is 12.7. The molecule has 96 valence electrons. The monoisotopic (exact) mass is 239 g/mol. The van der Waals surface area contributed by atoms with Crippen LogP contribution in [0.1, 0.15) is 18.9 Å². The Bertz CT molecular complexity index is 335. The topological polar surface area (TPSA) is 52.9 Å². The van der Waals surface area contributed by atoms with Crippen LogP contribution in [0, 0.1) is 0 Å². The van der Waals surface area contributed by atoms with Crippen LogP contribution in [-0.2, 0) is 6.54 Å². The molecule has 0 aliphatic heterocycles. The average molecular weight is 239 g/mol. The van der Waals surface area contributed by atoms with Gasteiger partial charge in [0.15, 0.2) is 0 Å². The lowest BCUT2D eigenvalue weighted by atomic mass is 10.1.